The molecule has 4 heteroatoms. The smallest absolute Gasteiger partial charge is 0.0669 e. The molecule has 92 valence electrons. The molecule has 1 heterocycles. The van der Waals surface area contributed by atoms with Gasteiger partial charge in [-0.25, -0.2) is 0 Å². The number of aromatic nitrogens is 2. The van der Waals surface area contributed by atoms with Crippen molar-refractivity contribution in [1.29, 1.82) is 5.26 Å². The molecule has 1 N–H and O–H groups in total. The lowest BCUT2D eigenvalue weighted by molar-refractivity contribution is 0.767. The van der Waals surface area contributed by atoms with E-state index in [4.69, 9.17) is 5.26 Å². The summed E-state index contributed by atoms with van der Waals surface area (Å²) in [6.45, 7) is 0.878. The summed E-state index contributed by atoms with van der Waals surface area (Å²) in [4.78, 5) is 0. The van der Waals surface area contributed by atoms with Gasteiger partial charge >= 0.3 is 0 Å². The highest BCUT2D eigenvalue weighted by Gasteiger charge is 1.97. The molecule has 0 aliphatic carbocycles. The fourth-order valence-corrected chi connectivity index (χ4v) is 1.78. The molecule has 1 aromatic carbocycles. The van der Waals surface area contributed by atoms with Crippen molar-refractivity contribution < 1.29 is 0 Å². The number of benzene rings is 1. The van der Waals surface area contributed by atoms with Gasteiger partial charge in [-0.1, -0.05) is 12.1 Å². The van der Waals surface area contributed by atoms with E-state index < -0.39 is 0 Å². The minimum Gasteiger partial charge on any atom is -0.385 e. The van der Waals surface area contributed by atoms with Gasteiger partial charge in [0, 0.05) is 25.5 Å². The monoisotopic (exact) mass is 240 g/mol. The molecule has 0 radical (unpaired) electrons. The fraction of sp³-hybridized carbons (Fsp3) is 0.286. The lowest BCUT2D eigenvalue weighted by Crippen LogP contribution is -2.04. The molecule has 0 aliphatic rings. The van der Waals surface area contributed by atoms with Crippen LogP contribution in [0, 0.1) is 11.3 Å². The molecule has 0 fully saturated rings. The number of aryl methyl sites for hydroxylation is 1. The Morgan fingerprint density at radius 3 is 2.67 bits per heavy atom. The zero-order valence-corrected chi connectivity index (χ0v) is 10.4. The lowest BCUT2D eigenvalue weighted by Gasteiger charge is -2.05. The molecule has 0 saturated heterocycles. The molecule has 0 bridgehead atoms. The van der Waals surface area contributed by atoms with Crippen LogP contribution in [0.15, 0.2) is 36.7 Å². The molecular formula is C14H16N4. The SMILES string of the molecule is Cn1cc(CCNc2ccc(CC#N)cc2)cn1. The quantitative estimate of drug-likeness (QED) is 0.871. The zero-order chi connectivity index (χ0) is 12.8. The van der Waals surface area contributed by atoms with Crippen molar-refractivity contribution in [3.8, 4) is 6.07 Å². The third-order valence-corrected chi connectivity index (χ3v) is 2.74. The van der Waals surface area contributed by atoms with Gasteiger partial charge in [-0.2, -0.15) is 10.4 Å². The van der Waals surface area contributed by atoms with E-state index in [1.165, 1.54) is 5.56 Å². The van der Waals surface area contributed by atoms with Gasteiger partial charge < -0.3 is 5.32 Å². The van der Waals surface area contributed by atoms with E-state index in [2.05, 4.69) is 16.5 Å². The third kappa shape index (κ3) is 3.36. The normalized spacial score (nSPS) is 10.0. The Labute approximate surface area is 107 Å². The van der Waals surface area contributed by atoms with Gasteiger partial charge in [0.15, 0.2) is 0 Å². The second kappa shape index (κ2) is 5.87. The van der Waals surface area contributed by atoms with Crippen molar-refractivity contribution in [3.63, 3.8) is 0 Å². The number of nitrogens with one attached hydrogen (secondary N) is 1. The topological polar surface area (TPSA) is 53.6 Å². The van der Waals surface area contributed by atoms with Gasteiger partial charge in [-0.05, 0) is 29.7 Å². The molecule has 2 rings (SSSR count). The van der Waals surface area contributed by atoms with Gasteiger partial charge in [-0.15, -0.1) is 0 Å². The van der Waals surface area contributed by atoms with Gasteiger partial charge in [0.25, 0.3) is 0 Å². The van der Waals surface area contributed by atoms with Gasteiger partial charge in [0.05, 0.1) is 18.7 Å². The Morgan fingerprint density at radius 2 is 2.06 bits per heavy atom. The van der Waals surface area contributed by atoms with E-state index in [0.717, 1.165) is 24.2 Å². The molecule has 0 unspecified atom stereocenters. The molecule has 1 aromatic heterocycles. The Kier molecular flexibility index (Phi) is 3.98. The largest absolute Gasteiger partial charge is 0.385 e. The molecule has 0 saturated carbocycles. The zero-order valence-electron chi connectivity index (χ0n) is 10.4. The predicted octanol–water partition coefficient (Wildman–Crippen LogP) is 2.14. The molecule has 2 aromatic rings. The highest BCUT2D eigenvalue weighted by molar-refractivity contribution is 5.45. The molecule has 0 atom stereocenters. The number of nitriles is 1. The molecule has 18 heavy (non-hydrogen) atoms. The summed E-state index contributed by atoms with van der Waals surface area (Å²) in [6, 6.07) is 10.1. The van der Waals surface area contributed by atoms with E-state index in [1.807, 2.05) is 48.4 Å². The van der Waals surface area contributed by atoms with Crippen LogP contribution in [-0.4, -0.2) is 16.3 Å². The molecule has 0 aliphatic heterocycles. The Balaban J connectivity index is 1.81. The van der Waals surface area contributed by atoms with E-state index in [-0.39, 0.29) is 0 Å². The van der Waals surface area contributed by atoms with Crippen molar-refractivity contribution >= 4 is 5.69 Å². The maximum Gasteiger partial charge on any atom is 0.0669 e. The lowest BCUT2D eigenvalue weighted by atomic mass is 10.1. The van der Waals surface area contributed by atoms with E-state index in [0.29, 0.717) is 6.42 Å². The van der Waals surface area contributed by atoms with Crippen LogP contribution in [-0.2, 0) is 19.9 Å². The summed E-state index contributed by atoms with van der Waals surface area (Å²) in [7, 11) is 1.92. The summed E-state index contributed by atoms with van der Waals surface area (Å²) in [6.07, 6.45) is 5.33. The first kappa shape index (κ1) is 12.2. The summed E-state index contributed by atoms with van der Waals surface area (Å²) in [5, 5.41) is 16.1. The first-order valence-corrected chi connectivity index (χ1v) is 5.95. The van der Waals surface area contributed by atoms with Gasteiger partial charge in [-0.3, -0.25) is 4.68 Å². The summed E-state index contributed by atoms with van der Waals surface area (Å²) < 4.78 is 1.81. The van der Waals surface area contributed by atoms with Crippen molar-refractivity contribution in [2.24, 2.45) is 7.05 Å². The highest BCUT2D eigenvalue weighted by Crippen LogP contribution is 2.10. The van der Waals surface area contributed by atoms with Crippen molar-refractivity contribution in [2.45, 2.75) is 12.8 Å². The van der Waals surface area contributed by atoms with Gasteiger partial charge in [0.2, 0.25) is 0 Å². The first-order valence-electron chi connectivity index (χ1n) is 5.95. The van der Waals surface area contributed by atoms with Crippen LogP contribution in [0.1, 0.15) is 11.1 Å². The van der Waals surface area contributed by atoms with Crippen LogP contribution in [0.2, 0.25) is 0 Å². The maximum absolute atomic E-state index is 8.58. The van der Waals surface area contributed by atoms with Crippen LogP contribution in [0.3, 0.4) is 0 Å². The molecular weight excluding hydrogens is 224 g/mol. The maximum atomic E-state index is 8.58. The predicted molar refractivity (Wildman–Crippen MR) is 71.2 cm³/mol. The average Bonchev–Trinajstić information content (AvgIpc) is 2.78. The first-order chi connectivity index (χ1) is 8.78. The molecule has 0 spiro atoms. The molecule has 0 amide bonds. The Hall–Kier alpha value is -2.28. The highest BCUT2D eigenvalue weighted by atomic mass is 15.2. The standard InChI is InChI=1S/C14H16N4/c1-18-11-13(10-17-18)7-9-16-14-4-2-12(3-5-14)6-8-15/h2-5,10-11,16H,6-7,9H2,1H3. The number of rotatable bonds is 5. The summed E-state index contributed by atoms with van der Waals surface area (Å²) in [5.74, 6) is 0. The van der Waals surface area contributed by atoms with Crippen molar-refractivity contribution in [3.05, 3.63) is 47.8 Å². The number of nitrogens with zero attached hydrogens (tertiary/aromatic N) is 3. The summed E-state index contributed by atoms with van der Waals surface area (Å²) in [5.41, 5.74) is 3.36. The number of hydrogen-bond donors (Lipinski definition) is 1. The van der Waals surface area contributed by atoms with E-state index in [1.54, 1.807) is 0 Å². The number of anilines is 1. The fourth-order valence-electron chi connectivity index (χ4n) is 1.78. The van der Waals surface area contributed by atoms with Crippen LogP contribution < -0.4 is 5.32 Å². The van der Waals surface area contributed by atoms with E-state index in [9.17, 15) is 0 Å². The Bertz CT molecular complexity index is 534. The second-order valence-corrected chi connectivity index (χ2v) is 4.23. The summed E-state index contributed by atoms with van der Waals surface area (Å²) >= 11 is 0. The number of hydrogen-bond acceptors (Lipinski definition) is 3. The van der Waals surface area contributed by atoms with Gasteiger partial charge in [0.1, 0.15) is 0 Å². The Morgan fingerprint density at radius 1 is 1.28 bits per heavy atom. The third-order valence-electron chi connectivity index (χ3n) is 2.74. The minimum atomic E-state index is 0.468. The van der Waals surface area contributed by atoms with E-state index >= 15 is 0 Å². The van der Waals surface area contributed by atoms with Crippen molar-refractivity contribution in [2.75, 3.05) is 11.9 Å². The van der Waals surface area contributed by atoms with Crippen LogP contribution in [0.4, 0.5) is 5.69 Å². The van der Waals surface area contributed by atoms with Crippen LogP contribution in [0.5, 0.6) is 0 Å². The average molecular weight is 240 g/mol. The second-order valence-electron chi connectivity index (χ2n) is 4.23. The molecule has 4 nitrogen and oxygen atoms in total. The van der Waals surface area contributed by atoms with Crippen LogP contribution >= 0.6 is 0 Å². The van der Waals surface area contributed by atoms with Crippen molar-refractivity contribution in [1.82, 2.24) is 9.78 Å². The van der Waals surface area contributed by atoms with Crippen LogP contribution in [0.25, 0.3) is 0 Å². The minimum absolute atomic E-state index is 0.468.